The number of nitrogens with two attached hydrogens (primary N) is 1. The van der Waals surface area contributed by atoms with Gasteiger partial charge in [-0.1, -0.05) is 0 Å². The van der Waals surface area contributed by atoms with E-state index >= 15 is 0 Å². The summed E-state index contributed by atoms with van der Waals surface area (Å²) >= 11 is 0. The number of hydrogen-bond donors (Lipinski definition) is 1. The van der Waals surface area contributed by atoms with Gasteiger partial charge in [0.05, 0.1) is 13.3 Å². The number of methoxy groups -OCH3 is 1. The van der Waals surface area contributed by atoms with Gasteiger partial charge in [-0.05, 0) is 19.9 Å². The molecule has 0 radical (unpaired) electrons. The minimum atomic E-state index is -0.453. The van der Waals surface area contributed by atoms with Crippen LogP contribution in [0.4, 0.5) is 0 Å². The summed E-state index contributed by atoms with van der Waals surface area (Å²) in [5.74, 6) is 1.21. The van der Waals surface area contributed by atoms with Crippen molar-refractivity contribution in [1.29, 1.82) is 0 Å². The van der Waals surface area contributed by atoms with Gasteiger partial charge in [-0.25, -0.2) is 9.97 Å². The lowest BCUT2D eigenvalue weighted by atomic mass is 10.2. The van der Waals surface area contributed by atoms with Crippen molar-refractivity contribution in [2.45, 2.75) is 25.9 Å². The van der Waals surface area contributed by atoms with E-state index in [0.29, 0.717) is 11.6 Å². The molecule has 6 nitrogen and oxygen atoms in total. The Morgan fingerprint density at radius 2 is 1.94 bits per heavy atom. The van der Waals surface area contributed by atoms with E-state index in [1.54, 1.807) is 31.8 Å². The van der Waals surface area contributed by atoms with E-state index in [1.807, 2.05) is 18.5 Å². The topological polar surface area (TPSA) is 78.9 Å². The second-order valence-electron chi connectivity index (χ2n) is 4.22. The van der Waals surface area contributed by atoms with Crippen molar-refractivity contribution in [3.05, 3.63) is 36.2 Å². The number of hydrogen-bond acceptors (Lipinski definition) is 5. The van der Waals surface area contributed by atoms with Crippen LogP contribution >= 0.6 is 0 Å². The molecule has 2 heterocycles. The first-order valence-corrected chi connectivity index (χ1v) is 5.79. The zero-order valence-electron chi connectivity index (χ0n) is 10.7. The number of nitrogens with zero attached hydrogens (tertiary/aromatic N) is 4. The molecule has 1 atom stereocenters. The van der Waals surface area contributed by atoms with Gasteiger partial charge in [0.1, 0.15) is 11.7 Å². The first-order chi connectivity index (χ1) is 8.65. The molecular formula is C12H17N5O. The molecule has 0 bridgehead atoms. The lowest BCUT2D eigenvalue weighted by Crippen LogP contribution is -2.21. The van der Waals surface area contributed by atoms with Gasteiger partial charge in [0.15, 0.2) is 11.6 Å². The Labute approximate surface area is 106 Å². The molecule has 1 unspecified atom stereocenters. The first-order valence-electron chi connectivity index (χ1n) is 5.79. The van der Waals surface area contributed by atoms with Gasteiger partial charge in [-0.3, -0.25) is 4.68 Å². The van der Waals surface area contributed by atoms with Gasteiger partial charge in [-0.2, -0.15) is 5.10 Å². The van der Waals surface area contributed by atoms with Gasteiger partial charge in [0.2, 0.25) is 0 Å². The van der Waals surface area contributed by atoms with E-state index in [9.17, 15) is 0 Å². The molecule has 2 rings (SSSR count). The highest BCUT2D eigenvalue weighted by Gasteiger charge is 2.23. The molecule has 0 aliphatic carbocycles. The van der Waals surface area contributed by atoms with E-state index in [0.717, 1.165) is 5.69 Å². The van der Waals surface area contributed by atoms with Crippen LogP contribution < -0.4 is 10.5 Å². The van der Waals surface area contributed by atoms with Crippen molar-refractivity contribution >= 4 is 0 Å². The van der Waals surface area contributed by atoms with Crippen LogP contribution in [0.3, 0.4) is 0 Å². The third kappa shape index (κ3) is 2.19. The lowest BCUT2D eigenvalue weighted by molar-refractivity contribution is 0.399. The van der Waals surface area contributed by atoms with Crippen LogP contribution in [0.1, 0.15) is 37.4 Å². The largest absolute Gasteiger partial charge is 0.493 e. The minimum absolute atomic E-state index is 0.193. The van der Waals surface area contributed by atoms with Gasteiger partial charge < -0.3 is 10.5 Å². The summed E-state index contributed by atoms with van der Waals surface area (Å²) in [5.41, 5.74) is 7.00. The Morgan fingerprint density at radius 3 is 2.50 bits per heavy atom. The quantitative estimate of drug-likeness (QED) is 0.881. The summed E-state index contributed by atoms with van der Waals surface area (Å²) < 4.78 is 7.13. The highest BCUT2D eigenvalue weighted by molar-refractivity contribution is 5.32. The fraction of sp³-hybridized carbons (Fsp3) is 0.417. The van der Waals surface area contributed by atoms with E-state index < -0.39 is 6.04 Å². The van der Waals surface area contributed by atoms with Crippen LogP contribution in [0.5, 0.6) is 5.75 Å². The van der Waals surface area contributed by atoms with Crippen LogP contribution in [0, 0.1) is 0 Å². The van der Waals surface area contributed by atoms with Gasteiger partial charge >= 0.3 is 0 Å². The van der Waals surface area contributed by atoms with Gasteiger partial charge in [-0.15, -0.1) is 0 Å². The van der Waals surface area contributed by atoms with E-state index in [2.05, 4.69) is 15.1 Å². The molecule has 0 aliphatic rings. The normalized spacial score (nSPS) is 12.7. The summed E-state index contributed by atoms with van der Waals surface area (Å²) in [6, 6.07) is 1.50. The smallest absolute Gasteiger partial charge is 0.162 e. The molecule has 0 aliphatic heterocycles. The van der Waals surface area contributed by atoms with Crippen molar-refractivity contribution in [3.63, 3.8) is 0 Å². The second kappa shape index (κ2) is 5.14. The summed E-state index contributed by atoms with van der Waals surface area (Å²) in [5, 5.41) is 4.29. The van der Waals surface area contributed by atoms with Crippen LogP contribution in [-0.4, -0.2) is 26.9 Å². The van der Waals surface area contributed by atoms with Crippen LogP contribution in [0.25, 0.3) is 0 Å². The lowest BCUT2D eigenvalue weighted by Gasteiger charge is -2.16. The Morgan fingerprint density at radius 1 is 1.28 bits per heavy atom. The average Bonchev–Trinajstić information content (AvgIpc) is 2.82. The molecule has 0 saturated carbocycles. The molecule has 2 aromatic heterocycles. The van der Waals surface area contributed by atoms with Crippen LogP contribution in [0.2, 0.25) is 0 Å². The van der Waals surface area contributed by atoms with E-state index in [1.165, 1.54) is 0 Å². The molecule has 0 spiro atoms. The third-order valence-electron chi connectivity index (χ3n) is 2.67. The van der Waals surface area contributed by atoms with Gasteiger partial charge in [0, 0.05) is 18.4 Å². The van der Waals surface area contributed by atoms with E-state index in [-0.39, 0.29) is 6.04 Å². The standard InChI is InChI=1S/C12H17N5O/c1-8(2)17-11(9(18-3)7-16-17)10(13)12-14-5-4-6-15-12/h4-8,10H,13H2,1-3H3. The molecule has 0 saturated heterocycles. The fourth-order valence-electron chi connectivity index (χ4n) is 1.81. The Hall–Kier alpha value is -1.95. The van der Waals surface area contributed by atoms with Crippen LogP contribution in [0.15, 0.2) is 24.7 Å². The predicted octanol–water partition coefficient (Wildman–Crippen LogP) is 1.31. The molecule has 2 N–H and O–H groups in total. The van der Waals surface area contributed by atoms with Crippen molar-refractivity contribution in [3.8, 4) is 5.75 Å². The summed E-state index contributed by atoms with van der Waals surface area (Å²) in [7, 11) is 1.60. The molecule has 0 amide bonds. The monoisotopic (exact) mass is 247 g/mol. The molecule has 18 heavy (non-hydrogen) atoms. The maximum atomic E-state index is 6.21. The fourth-order valence-corrected chi connectivity index (χ4v) is 1.81. The Balaban J connectivity index is 2.46. The summed E-state index contributed by atoms with van der Waals surface area (Å²) in [4.78, 5) is 8.36. The number of ether oxygens (including phenoxy) is 1. The Bertz CT molecular complexity index is 508. The first kappa shape index (κ1) is 12.5. The maximum absolute atomic E-state index is 6.21. The molecule has 2 aromatic rings. The molecule has 96 valence electrons. The zero-order chi connectivity index (χ0) is 13.1. The van der Waals surface area contributed by atoms with E-state index in [4.69, 9.17) is 10.5 Å². The number of aromatic nitrogens is 4. The molecule has 6 heteroatoms. The summed E-state index contributed by atoms with van der Waals surface area (Å²) in [6.07, 6.45) is 5.01. The van der Waals surface area contributed by atoms with Crippen LogP contribution in [-0.2, 0) is 0 Å². The predicted molar refractivity (Wildman–Crippen MR) is 67.2 cm³/mol. The molecule has 0 fully saturated rings. The highest BCUT2D eigenvalue weighted by atomic mass is 16.5. The SMILES string of the molecule is COc1cnn(C(C)C)c1C(N)c1ncccn1. The third-order valence-corrected chi connectivity index (χ3v) is 2.67. The summed E-state index contributed by atoms with van der Waals surface area (Å²) in [6.45, 7) is 4.07. The zero-order valence-corrected chi connectivity index (χ0v) is 10.7. The highest BCUT2D eigenvalue weighted by Crippen LogP contribution is 2.28. The van der Waals surface area contributed by atoms with Crippen molar-refractivity contribution in [1.82, 2.24) is 19.7 Å². The van der Waals surface area contributed by atoms with Gasteiger partial charge in [0.25, 0.3) is 0 Å². The van der Waals surface area contributed by atoms with Crippen molar-refractivity contribution < 1.29 is 4.74 Å². The molecular weight excluding hydrogens is 230 g/mol. The van der Waals surface area contributed by atoms with Crippen molar-refractivity contribution in [2.24, 2.45) is 5.73 Å². The second-order valence-corrected chi connectivity index (χ2v) is 4.22. The number of rotatable bonds is 4. The minimum Gasteiger partial charge on any atom is -0.493 e. The Kier molecular flexibility index (Phi) is 3.57. The van der Waals surface area contributed by atoms with Crippen molar-refractivity contribution in [2.75, 3.05) is 7.11 Å². The maximum Gasteiger partial charge on any atom is 0.162 e. The average molecular weight is 247 g/mol. The molecule has 0 aromatic carbocycles.